The fourth-order valence-electron chi connectivity index (χ4n) is 9.00. The van der Waals surface area contributed by atoms with Crippen LogP contribution in [0.5, 0.6) is 0 Å². The smallest absolute Gasteiger partial charge is 0.0547 e. The predicted molar refractivity (Wildman–Crippen MR) is 199 cm³/mol. The van der Waals surface area contributed by atoms with Crippen molar-refractivity contribution in [3.8, 4) is 27.9 Å². The van der Waals surface area contributed by atoms with Gasteiger partial charge in [-0.3, -0.25) is 0 Å². The summed E-state index contributed by atoms with van der Waals surface area (Å²) < 4.78 is 2.49. The molecule has 0 fully saturated rings. The highest BCUT2D eigenvalue weighted by molar-refractivity contribution is 6.12. The van der Waals surface area contributed by atoms with Crippen molar-refractivity contribution in [2.75, 3.05) is 0 Å². The summed E-state index contributed by atoms with van der Waals surface area (Å²) in [4.78, 5) is 0. The van der Waals surface area contributed by atoms with Gasteiger partial charge in [-0.15, -0.1) is 0 Å². The van der Waals surface area contributed by atoms with Crippen molar-refractivity contribution in [2.24, 2.45) is 0 Å². The average molecular weight is 608 g/mol. The van der Waals surface area contributed by atoms with E-state index in [9.17, 15) is 0 Å². The van der Waals surface area contributed by atoms with Gasteiger partial charge >= 0.3 is 0 Å². The highest BCUT2D eigenvalue weighted by Crippen LogP contribution is 2.60. The van der Waals surface area contributed by atoms with E-state index in [1.165, 1.54) is 83.1 Å². The topological polar surface area (TPSA) is 4.93 Å². The predicted octanol–water partition coefficient (Wildman–Crippen LogP) is 11.9. The van der Waals surface area contributed by atoms with Gasteiger partial charge in [0.2, 0.25) is 0 Å². The highest BCUT2D eigenvalue weighted by Gasteiger charge is 2.46. The van der Waals surface area contributed by atoms with Crippen LogP contribution in [0.4, 0.5) is 0 Å². The van der Waals surface area contributed by atoms with Gasteiger partial charge < -0.3 is 4.57 Å². The molecule has 1 unspecified atom stereocenters. The molecule has 1 aromatic heterocycles. The van der Waals surface area contributed by atoms with Crippen LogP contribution >= 0.6 is 0 Å². The third kappa shape index (κ3) is 3.89. The zero-order chi connectivity index (χ0) is 32.3. The molecule has 6 aromatic carbocycles. The van der Waals surface area contributed by atoms with E-state index in [0.29, 0.717) is 0 Å². The van der Waals surface area contributed by atoms with Gasteiger partial charge in [0.05, 0.1) is 11.0 Å². The van der Waals surface area contributed by atoms with Crippen molar-refractivity contribution in [2.45, 2.75) is 64.2 Å². The Balaban J connectivity index is 1.42. The maximum atomic E-state index is 2.57. The monoisotopic (exact) mass is 607 g/mol. The Morgan fingerprint density at radius 3 is 1.98 bits per heavy atom. The Hall–Kier alpha value is -4.88. The van der Waals surface area contributed by atoms with Gasteiger partial charge in [-0.2, -0.15) is 0 Å². The van der Waals surface area contributed by atoms with Gasteiger partial charge in [-0.05, 0) is 104 Å². The van der Waals surface area contributed by atoms with Crippen LogP contribution in [-0.4, -0.2) is 4.57 Å². The van der Waals surface area contributed by atoms with Crippen molar-refractivity contribution in [3.05, 3.63) is 161 Å². The normalized spacial score (nSPS) is 17.5. The molecular weight excluding hydrogens is 567 g/mol. The van der Waals surface area contributed by atoms with Crippen LogP contribution in [0.3, 0.4) is 0 Å². The molecule has 1 heterocycles. The zero-order valence-corrected chi connectivity index (χ0v) is 28.3. The lowest BCUT2D eigenvalue weighted by atomic mass is 9.73. The fraction of sp³-hybridized carbons (Fsp3) is 0.217. The van der Waals surface area contributed by atoms with Crippen LogP contribution in [0.2, 0.25) is 0 Å². The molecule has 2 aliphatic carbocycles. The summed E-state index contributed by atoms with van der Waals surface area (Å²) in [6, 6.07) is 48.2. The molecule has 9 rings (SSSR count). The molecule has 0 saturated carbocycles. The average Bonchev–Trinajstić information content (AvgIpc) is 3.61. The van der Waals surface area contributed by atoms with Crippen molar-refractivity contribution in [1.82, 2.24) is 4.57 Å². The molecule has 7 aromatic rings. The van der Waals surface area contributed by atoms with Gasteiger partial charge in [0.25, 0.3) is 0 Å². The Morgan fingerprint density at radius 1 is 0.553 bits per heavy atom. The SMILES string of the molecule is CC(C)(C)c1ccc2c(c1)c1cc3c(cc1n2-c1ccccc1)-c1c(ccc2c1C(C)(C)c1ccccc1-2)C3(C)Cc1ccccc1. The van der Waals surface area contributed by atoms with Crippen LogP contribution in [-0.2, 0) is 22.7 Å². The van der Waals surface area contributed by atoms with E-state index >= 15 is 0 Å². The van der Waals surface area contributed by atoms with Crippen LogP contribution in [0.15, 0.2) is 127 Å². The van der Waals surface area contributed by atoms with Crippen molar-refractivity contribution in [3.63, 3.8) is 0 Å². The molecule has 0 aliphatic heterocycles. The first-order chi connectivity index (χ1) is 22.6. The maximum Gasteiger partial charge on any atom is 0.0547 e. The highest BCUT2D eigenvalue weighted by atomic mass is 15.0. The number of nitrogens with zero attached hydrogens (tertiary/aromatic N) is 1. The largest absolute Gasteiger partial charge is 0.309 e. The standard InChI is InChI=1S/C46H41N/c1-44(2,3)30-21-24-40-34(25-30)35-26-39-36(27-41(35)47(40)31-17-11-8-12-18-31)42-38(46(39,6)28-29-15-9-7-10-16-29)23-22-33-32-19-13-14-20-37(32)45(4,5)43(33)42/h7-27H,28H2,1-6H3. The summed E-state index contributed by atoms with van der Waals surface area (Å²) in [5, 5.41) is 2.66. The molecule has 0 spiro atoms. The summed E-state index contributed by atoms with van der Waals surface area (Å²) in [5.74, 6) is 0. The molecule has 1 nitrogen and oxygen atoms in total. The van der Waals surface area contributed by atoms with Crippen molar-refractivity contribution >= 4 is 21.8 Å². The first-order valence-corrected chi connectivity index (χ1v) is 17.1. The minimum atomic E-state index is -0.178. The lowest BCUT2D eigenvalue weighted by Gasteiger charge is -2.29. The van der Waals surface area contributed by atoms with Gasteiger partial charge in [0.15, 0.2) is 0 Å². The van der Waals surface area contributed by atoms with E-state index in [2.05, 4.69) is 174 Å². The Kier molecular flexibility index (Phi) is 5.78. The number of hydrogen-bond donors (Lipinski definition) is 0. The number of rotatable bonds is 3. The first kappa shape index (κ1) is 28.4. The van der Waals surface area contributed by atoms with E-state index in [1.807, 2.05) is 0 Å². The van der Waals surface area contributed by atoms with Gasteiger partial charge in [-0.1, -0.05) is 133 Å². The zero-order valence-electron chi connectivity index (χ0n) is 28.3. The number of benzene rings is 6. The number of hydrogen-bond acceptors (Lipinski definition) is 0. The molecule has 1 atom stereocenters. The fourth-order valence-corrected chi connectivity index (χ4v) is 9.00. The van der Waals surface area contributed by atoms with E-state index in [-0.39, 0.29) is 16.2 Å². The first-order valence-electron chi connectivity index (χ1n) is 17.1. The minimum Gasteiger partial charge on any atom is -0.309 e. The number of fused-ring (bicyclic) bond motifs is 10. The van der Waals surface area contributed by atoms with Gasteiger partial charge in [0, 0.05) is 27.3 Å². The summed E-state index contributed by atoms with van der Waals surface area (Å²) in [5.41, 5.74) is 17.7. The second-order valence-corrected chi connectivity index (χ2v) is 15.6. The van der Waals surface area contributed by atoms with Crippen LogP contribution < -0.4 is 0 Å². The summed E-state index contributed by atoms with van der Waals surface area (Å²) in [7, 11) is 0. The molecule has 0 radical (unpaired) electrons. The molecule has 1 heteroatoms. The molecule has 0 amide bonds. The molecule has 2 aliphatic rings. The third-order valence-electron chi connectivity index (χ3n) is 11.4. The van der Waals surface area contributed by atoms with E-state index in [0.717, 1.165) is 6.42 Å². The second kappa shape index (κ2) is 9.58. The Morgan fingerprint density at radius 2 is 1.23 bits per heavy atom. The summed E-state index contributed by atoms with van der Waals surface area (Å²) >= 11 is 0. The molecule has 230 valence electrons. The van der Waals surface area contributed by atoms with E-state index in [4.69, 9.17) is 0 Å². The minimum absolute atomic E-state index is 0.0608. The Bertz CT molecular complexity index is 2380. The molecule has 0 N–H and O–H groups in total. The van der Waals surface area contributed by atoms with E-state index in [1.54, 1.807) is 0 Å². The van der Waals surface area contributed by atoms with Gasteiger partial charge in [-0.25, -0.2) is 0 Å². The molecule has 0 saturated heterocycles. The quantitative estimate of drug-likeness (QED) is 0.188. The molecular formula is C46H41N. The van der Waals surface area contributed by atoms with Crippen LogP contribution in [0, 0.1) is 0 Å². The number of aromatic nitrogens is 1. The lowest BCUT2D eigenvalue weighted by Crippen LogP contribution is -2.24. The van der Waals surface area contributed by atoms with Gasteiger partial charge in [0.1, 0.15) is 0 Å². The lowest BCUT2D eigenvalue weighted by molar-refractivity contribution is 0.582. The summed E-state index contributed by atoms with van der Waals surface area (Å²) in [6.45, 7) is 14.3. The Labute approximate surface area is 278 Å². The van der Waals surface area contributed by atoms with Crippen LogP contribution in [0.1, 0.15) is 74.9 Å². The third-order valence-corrected chi connectivity index (χ3v) is 11.4. The summed E-state index contributed by atoms with van der Waals surface area (Å²) in [6.07, 6.45) is 0.954. The maximum absolute atomic E-state index is 2.57. The molecule has 0 bridgehead atoms. The second-order valence-electron chi connectivity index (χ2n) is 15.6. The van der Waals surface area contributed by atoms with Crippen LogP contribution in [0.25, 0.3) is 49.7 Å². The van der Waals surface area contributed by atoms with Crippen molar-refractivity contribution < 1.29 is 0 Å². The van der Waals surface area contributed by atoms with E-state index < -0.39 is 0 Å². The molecule has 47 heavy (non-hydrogen) atoms. The number of para-hydroxylation sites is 1. The van der Waals surface area contributed by atoms with Crippen molar-refractivity contribution in [1.29, 1.82) is 0 Å².